The van der Waals surface area contributed by atoms with E-state index in [-0.39, 0.29) is 12.4 Å². The fraction of sp³-hybridized carbons (Fsp3) is 0.278. The third kappa shape index (κ3) is 3.95. The number of carbonyl (C=O) groups excluding carboxylic acids is 1. The van der Waals surface area contributed by atoms with Crippen molar-refractivity contribution in [2.45, 2.75) is 13.0 Å². The van der Waals surface area contributed by atoms with Crippen molar-refractivity contribution in [2.24, 2.45) is 0 Å². The van der Waals surface area contributed by atoms with Gasteiger partial charge in [-0.25, -0.2) is 0 Å². The van der Waals surface area contributed by atoms with E-state index in [0.717, 1.165) is 5.56 Å². The quantitative estimate of drug-likeness (QED) is 0.794. The summed E-state index contributed by atoms with van der Waals surface area (Å²) in [5.74, 6) is 0.0261. The molecule has 0 aliphatic carbocycles. The minimum Gasteiger partial charge on any atom is -0.395 e. The van der Waals surface area contributed by atoms with Gasteiger partial charge in [-0.2, -0.15) is 0 Å². The second kappa shape index (κ2) is 8.08. The van der Waals surface area contributed by atoms with E-state index in [9.17, 15) is 9.90 Å². The third-order valence-corrected chi connectivity index (χ3v) is 3.90. The van der Waals surface area contributed by atoms with E-state index in [1.54, 1.807) is 12.1 Å². The zero-order chi connectivity index (χ0) is 15.9. The summed E-state index contributed by atoms with van der Waals surface area (Å²) in [7, 11) is 0. The van der Waals surface area contributed by atoms with Crippen molar-refractivity contribution in [3.05, 3.63) is 70.7 Å². The van der Waals surface area contributed by atoms with Crippen LogP contribution in [0.2, 0.25) is 5.02 Å². The Kier molecular flexibility index (Phi) is 6.13. The van der Waals surface area contributed by atoms with Crippen LogP contribution in [0.15, 0.2) is 54.6 Å². The predicted octanol–water partition coefficient (Wildman–Crippen LogP) is 3.58. The summed E-state index contributed by atoms with van der Waals surface area (Å²) >= 11 is 5.95. The highest BCUT2D eigenvalue weighted by Crippen LogP contribution is 2.26. The van der Waals surface area contributed by atoms with Gasteiger partial charge in [0.25, 0.3) is 0 Å². The number of Topliss-reactive ketones (excluding diaryl/α,β-unsaturated/α-hetero) is 1. The van der Waals surface area contributed by atoms with E-state index < -0.39 is 6.04 Å². The Labute approximate surface area is 136 Å². The predicted molar refractivity (Wildman–Crippen MR) is 89.3 cm³/mol. The van der Waals surface area contributed by atoms with Crippen LogP contribution < -0.4 is 0 Å². The van der Waals surface area contributed by atoms with E-state index in [1.165, 1.54) is 0 Å². The molecule has 0 unspecified atom stereocenters. The standard InChI is InChI=1S/C18H20ClNO2/c1-2-20(12-13-21)17(14-8-10-16(19)11-9-14)18(22)15-6-4-3-5-7-15/h3-11,17,21H,2,12-13H2,1H3/t17-/m0/s1. The van der Waals surface area contributed by atoms with Gasteiger partial charge in [-0.15, -0.1) is 0 Å². The number of benzene rings is 2. The van der Waals surface area contributed by atoms with Gasteiger partial charge in [0.15, 0.2) is 5.78 Å². The third-order valence-electron chi connectivity index (χ3n) is 3.65. The fourth-order valence-corrected chi connectivity index (χ4v) is 2.66. The van der Waals surface area contributed by atoms with Gasteiger partial charge in [0.05, 0.1) is 12.6 Å². The van der Waals surface area contributed by atoms with Gasteiger partial charge in [-0.05, 0) is 24.2 Å². The zero-order valence-corrected chi connectivity index (χ0v) is 13.3. The lowest BCUT2D eigenvalue weighted by Crippen LogP contribution is -2.36. The number of aliphatic hydroxyl groups is 1. The molecule has 0 radical (unpaired) electrons. The van der Waals surface area contributed by atoms with Crippen molar-refractivity contribution < 1.29 is 9.90 Å². The average Bonchev–Trinajstić information content (AvgIpc) is 2.56. The molecule has 1 N–H and O–H groups in total. The Morgan fingerprint density at radius 3 is 2.32 bits per heavy atom. The lowest BCUT2D eigenvalue weighted by atomic mass is 9.96. The van der Waals surface area contributed by atoms with Crippen LogP contribution in [-0.4, -0.2) is 35.5 Å². The van der Waals surface area contributed by atoms with Gasteiger partial charge in [-0.1, -0.05) is 61.0 Å². The van der Waals surface area contributed by atoms with Gasteiger partial charge >= 0.3 is 0 Å². The number of rotatable bonds is 7. The first-order chi connectivity index (χ1) is 10.7. The van der Waals surface area contributed by atoms with Crippen LogP contribution in [0, 0.1) is 0 Å². The molecular weight excluding hydrogens is 298 g/mol. The van der Waals surface area contributed by atoms with Gasteiger partial charge < -0.3 is 5.11 Å². The van der Waals surface area contributed by atoms with E-state index in [0.29, 0.717) is 23.7 Å². The first-order valence-corrected chi connectivity index (χ1v) is 7.74. The Morgan fingerprint density at radius 1 is 1.14 bits per heavy atom. The van der Waals surface area contributed by atoms with Crippen molar-refractivity contribution >= 4 is 17.4 Å². The monoisotopic (exact) mass is 317 g/mol. The SMILES string of the molecule is CCN(CCO)[C@H](C(=O)c1ccccc1)c1ccc(Cl)cc1. The number of hydrogen-bond acceptors (Lipinski definition) is 3. The molecule has 0 bridgehead atoms. The molecule has 2 rings (SSSR count). The topological polar surface area (TPSA) is 40.5 Å². The highest BCUT2D eigenvalue weighted by molar-refractivity contribution is 6.30. The number of likely N-dealkylation sites (N-methyl/N-ethyl adjacent to an activating group) is 1. The van der Waals surface area contributed by atoms with Crippen LogP contribution in [0.3, 0.4) is 0 Å². The van der Waals surface area contributed by atoms with Crippen LogP contribution in [0.5, 0.6) is 0 Å². The molecule has 0 spiro atoms. The normalized spacial score (nSPS) is 12.4. The summed E-state index contributed by atoms with van der Waals surface area (Å²) < 4.78 is 0. The van der Waals surface area contributed by atoms with E-state index in [1.807, 2.05) is 54.3 Å². The van der Waals surface area contributed by atoms with Crippen LogP contribution in [-0.2, 0) is 0 Å². The molecule has 2 aromatic rings. The smallest absolute Gasteiger partial charge is 0.184 e. The first kappa shape index (κ1) is 16.7. The molecule has 0 aliphatic heterocycles. The molecule has 0 fully saturated rings. The van der Waals surface area contributed by atoms with Crippen molar-refractivity contribution in [1.82, 2.24) is 4.90 Å². The van der Waals surface area contributed by atoms with Gasteiger partial charge in [0, 0.05) is 17.1 Å². The Morgan fingerprint density at radius 2 is 1.77 bits per heavy atom. The lowest BCUT2D eigenvalue weighted by Gasteiger charge is -2.29. The summed E-state index contributed by atoms with van der Waals surface area (Å²) in [5.41, 5.74) is 1.55. The van der Waals surface area contributed by atoms with Crippen molar-refractivity contribution in [2.75, 3.05) is 19.7 Å². The van der Waals surface area contributed by atoms with Crippen molar-refractivity contribution in [1.29, 1.82) is 0 Å². The Balaban J connectivity index is 2.40. The molecule has 2 aromatic carbocycles. The minimum atomic E-state index is -0.420. The molecule has 3 nitrogen and oxygen atoms in total. The molecule has 1 atom stereocenters. The largest absolute Gasteiger partial charge is 0.395 e. The van der Waals surface area contributed by atoms with Crippen LogP contribution in [0.25, 0.3) is 0 Å². The number of halogens is 1. The number of nitrogens with zero attached hydrogens (tertiary/aromatic N) is 1. The molecule has 0 heterocycles. The Hall–Kier alpha value is -1.68. The molecule has 0 aliphatic rings. The number of aliphatic hydroxyl groups excluding tert-OH is 1. The van der Waals surface area contributed by atoms with E-state index >= 15 is 0 Å². The molecule has 22 heavy (non-hydrogen) atoms. The minimum absolute atomic E-state index is 0.0139. The summed E-state index contributed by atoms with van der Waals surface area (Å²) in [5, 5.41) is 9.92. The second-order valence-corrected chi connectivity index (χ2v) is 5.47. The van der Waals surface area contributed by atoms with Crippen molar-refractivity contribution in [3.63, 3.8) is 0 Å². The van der Waals surface area contributed by atoms with Crippen LogP contribution in [0.4, 0.5) is 0 Å². The van der Waals surface area contributed by atoms with Gasteiger partial charge in [-0.3, -0.25) is 9.69 Å². The van der Waals surface area contributed by atoms with Gasteiger partial charge in [0.2, 0.25) is 0 Å². The van der Waals surface area contributed by atoms with E-state index in [4.69, 9.17) is 11.6 Å². The van der Waals surface area contributed by atoms with Gasteiger partial charge in [0.1, 0.15) is 0 Å². The van der Waals surface area contributed by atoms with Crippen LogP contribution in [0.1, 0.15) is 28.9 Å². The number of hydrogen-bond donors (Lipinski definition) is 1. The van der Waals surface area contributed by atoms with E-state index in [2.05, 4.69) is 0 Å². The average molecular weight is 318 g/mol. The maximum Gasteiger partial charge on any atom is 0.184 e. The molecular formula is C18H20ClNO2. The zero-order valence-electron chi connectivity index (χ0n) is 12.6. The molecule has 116 valence electrons. The maximum atomic E-state index is 12.9. The maximum absolute atomic E-state index is 12.9. The number of ketones is 1. The van der Waals surface area contributed by atoms with Crippen LogP contribution >= 0.6 is 11.6 Å². The summed E-state index contributed by atoms with van der Waals surface area (Å²) in [6.07, 6.45) is 0. The fourth-order valence-electron chi connectivity index (χ4n) is 2.53. The lowest BCUT2D eigenvalue weighted by molar-refractivity contribution is 0.0793. The Bertz CT molecular complexity index is 598. The highest BCUT2D eigenvalue weighted by atomic mass is 35.5. The first-order valence-electron chi connectivity index (χ1n) is 7.37. The summed E-state index contributed by atoms with van der Waals surface area (Å²) in [4.78, 5) is 14.9. The molecule has 0 aromatic heterocycles. The molecule has 0 amide bonds. The molecule has 0 saturated heterocycles. The highest BCUT2D eigenvalue weighted by Gasteiger charge is 2.27. The summed E-state index contributed by atoms with van der Waals surface area (Å²) in [6.45, 7) is 3.12. The second-order valence-electron chi connectivity index (χ2n) is 5.04. The van der Waals surface area contributed by atoms with Crippen molar-refractivity contribution in [3.8, 4) is 0 Å². The number of carbonyl (C=O) groups is 1. The molecule has 4 heteroatoms. The molecule has 0 saturated carbocycles. The summed E-state index contributed by atoms with van der Waals surface area (Å²) in [6, 6.07) is 16.1.